The highest BCUT2D eigenvalue weighted by Gasteiger charge is 1.95. The fraction of sp³-hybridized carbons (Fsp3) is 0.800. The van der Waals surface area contributed by atoms with Crippen LogP contribution in [0.4, 0.5) is 0 Å². The van der Waals surface area contributed by atoms with Crippen molar-refractivity contribution < 1.29 is 5.11 Å². The molecule has 0 aromatic carbocycles. The van der Waals surface area contributed by atoms with E-state index in [0.29, 0.717) is 0 Å². The topological polar surface area (TPSA) is 20.2 Å². The van der Waals surface area contributed by atoms with Crippen molar-refractivity contribution >= 4 is 0 Å². The molecule has 0 aliphatic rings. The molecule has 0 aromatic heterocycles. The Hall–Kier alpha value is -0.300. The minimum Gasteiger partial charge on any atom is -0.389 e. The number of aliphatic hydroxyl groups is 1. The van der Waals surface area contributed by atoms with Gasteiger partial charge >= 0.3 is 0 Å². The van der Waals surface area contributed by atoms with Crippen molar-refractivity contribution in [2.24, 2.45) is 0 Å². The summed E-state index contributed by atoms with van der Waals surface area (Å²) in [7, 11) is 0. The maximum Gasteiger partial charge on any atom is 0.0720 e. The minimum absolute atomic E-state index is 0.207. The third-order valence-corrected chi connectivity index (χ3v) is 1.67. The second kappa shape index (κ2) is 7.80. The Morgan fingerprint density at radius 1 is 1.27 bits per heavy atom. The van der Waals surface area contributed by atoms with Crippen molar-refractivity contribution in [2.75, 3.05) is 0 Å². The van der Waals surface area contributed by atoms with Crippen LogP contribution >= 0.6 is 0 Å². The maximum atomic E-state index is 9.32. The summed E-state index contributed by atoms with van der Waals surface area (Å²) >= 11 is 0. The van der Waals surface area contributed by atoms with Gasteiger partial charge in [-0.15, -0.1) is 0 Å². The predicted octanol–water partition coefficient (Wildman–Crippen LogP) is 2.89. The van der Waals surface area contributed by atoms with Gasteiger partial charge in [-0.25, -0.2) is 0 Å². The quantitative estimate of drug-likeness (QED) is 0.586. The summed E-state index contributed by atoms with van der Waals surface area (Å²) in [5.41, 5.74) is 0. The molecular weight excluding hydrogens is 136 g/mol. The highest BCUT2D eigenvalue weighted by Crippen LogP contribution is 2.02. The molecule has 0 heterocycles. The molecule has 0 aliphatic heterocycles. The molecule has 0 rings (SSSR count). The Labute approximate surface area is 70.1 Å². The highest BCUT2D eigenvalue weighted by molar-refractivity contribution is 4.87. The van der Waals surface area contributed by atoms with E-state index in [4.69, 9.17) is 0 Å². The van der Waals surface area contributed by atoms with Crippen LogP contribution in [-0.2, 0) is 0 Å². The van der Waals surface area contributed by atoms with E-state index in [-0.39, 0.29) is 6.10 Å². The molecule has 0 saturated carbocycles. The maximum absolute atomic E-state index is 9.32. The SMILES string of the molecule is CCC/C=C/[C@H](O)CCCC. The van der Waals surface area contributed by atoms with Crippen LogP contribution in [0.5, 0.6) is 0 Å². The lowest BCUT2D eigenvalue weighted by molar-refractivity contribution is 0.209. The summed E-state index contributed by atoms with van der Waals surface area (Å²) in [5.74, 6) is 0. The largest absolute Gasteiger partial charge is 0.389 e. The first-order valence-corrected chi connectivity index (χ1v) is 4.66. The standard InChI is InChI=1S/C10H20O/c1-3-5-7-9-10(11)8-6-4-2/h7,9-11H,3-6,8H2,1-2H3/b9-7+/t10-/m1/s1. The van der Waals surface area contributed by atoms with Gasteiger partial charge in [-0.2, -0.15) is 0 Å². The molecule has 1 atom stereocenters. The molecule has 0 amide bonds. The molecule has 0 saturated heterocycles. The van der Waals surface area contributed by atoms with E-state index in [0.717, 1.165) is 25.7 Å². The third-order valence-electron chi connectivity index (χ3n) is 1.67. The zero-order valence-corrected chi connectivity index (χ0v) is 7.71. The zero-order valence-electron chi connectivity index (χ0n) is 7.71. The average molecular weight is 156 g/mol. The van der Waals surface area contributed by atoms with Crippen LogP contribution in [0.2, 0.25) is 0 Å². The number of aliphatic hydroxyl groups excluding tert-OH is 1. The number of unbranched alkanes of at least 4 members (excludes halogenated alkanes) is 2. The van der Waals surface area contributed by atoms with Crippen molar-refractivity contribution in [1.82, 2.24) is 0 Å². The smallest absolute Gasteiger partial charge is 0.0720 e. The number of hydrogen-bond acceptors (Lipinski definition) is 1. The molecule has 0 unspecified atom stereocenters. The van der Waals surface area contributed by atoms with E-state index < -0.39 is 0 Å². The molecule has 66 valence electrons. The highest BCUT2D eigenvalue weighted by atomic mass is 16.3. The van der Waals surface area contributed by atoms with E-state index in [1.165, 1.54) is 6.42 Å². The lowest BCUT2D eigenvalue weighted by Gasteiger charge is -2.02. The van der Waals surface area contributed by atoms with Gasteiger partial charge in [-0.3, -0.25) is 0 Å². The van der Waals surface area contributed by atoms with Gasteiger partial charge in [-0.1, -0.05) is 45.3 Å². The van der Waals surface area contributed by atoms with Gasteiger partial charge in [0, 0.05) is 0 Å². The van der Waals surface area contributed by atoms with Crippen molar-refractivity contribution in [2.45, 2.75) is 52.1 Å². The number of hydrogen-bond donors (Lipinski definition) is 1. The predicted molar refractivity (Wildman–Crippen MR) is 49.6 cm³/mol. The zero-order chi connectivity index (χ0) is 8.53. The summed E-state index contributed by atoms with van der Waals surface area (Å²) < 4.78 is 0. The molecule has 0 fully saturated rings. The fourth-order valence-corrected chi connectivity index (χ4v) is 0.929. The summed E-state index contributed by atoms with van der Waals surface area (Å²) in [6.07, 6.45) is 9.23. The Bertz CT molecular complexity index is 97.0. The molecule has 1 nitrogen and oxygen atoms in total. The van der Waals surface area contributed by atoms with Crippen molar-refractivity contribution in [3.05, 3.63) is 12.2 Å². The van der Waals surface area contributed by atoms with Gasteiger partial charge in [-0.05, 0) is 12.8 Å². The minimum atomic E-state index is -0.207. The van der Waals surface area contributed by atoms with Gasteiger partial charge in [0.05, 0.1) is 6.10 Å². The van der Waals surface area contributed by atoms with Crippen LogP contribution in [0.15, 0.2) is 12.2 Å². The second-order valence-electron chi connectivity index (χ2n) is 2.93. The Morgan fingerprint density at radius 2 is 2.00 bits per heavy atom. The van der Waals surface area contributed by atoms with Crippen molar-refractivity contribution in [3.8, 4) is 0 Å². The van der Waals surface area contributed by atoms with Crippen LogP contribution < -0.4 is 0 Å². The van der Waals surface area contributed by atoms with Crippen LogP contribution in [0.25, 0.3) is 0 Å². The van der Waals surface area contributed by atoms with E-state index in [1.807, 2.05) is 6.08 Å². The monoisotopic (exact) mass is 156 g/mol. The summed E-state index contributed by atoms with van der Waals surface area (Å²) in [5, 5.41) is 9.32. The molecule has 0 spiro atoms. The van der Waals surface area contributed by atoms with Gasteiger partial charge in [0.1, 0.15) is 0 Å². The number of rotatable bonds is 6. The average Bonchev–Trinajstić information content (AvgIpc) is 2.01. The van der Waals surface area contributed by atoms with Crippen LogP contribution in [0, 0.1) is 0 Å². The van der Waals surface area contributed by atoms with Crippen LogP contribution in [-0.4, -0.2) is 11.2 Å². The first-order chi connectivity index (χ1) is 5.31. The number of allylic oxidation sites excluding steroid dienone is 1. The molecule has 0 bridgehead atoms. The molecule has 0 radical (unpaired) electrons. The summed E-state index contributed by atoms with van der Waals surface area (Å²) in [6.45, 7) is 4.28. The summed E-state index contributed by atoms with van der Waals surface area (Å²) in [6, 6.07) is 0. The molecule has 0 aliphatic carbocycles. The van der Waals surface area contributed by atoms with E-state index >= 15 is 0 Å². The first kappa shape index (κ1) is 10.7. The normalized spacial score (nSPS) is 14.1. The summed E-state index contributed by atoms with van der Waals surface area (Å²) in [4.78, 5) is 0. The lowest BCUT2D eigenvalue weighted by atomic mass is 10.1. The third kappa shape index (κ3) is 7.60. The molecule has 1 N–H and O–H groups in total. The van der Waals surface area contributed by atoms with Gasteiger partial charge in [0.15, 0.2) is 0 Å². The van der Waals surface area contributed by atoms with Gasteiger partial charge in [0.2, 0.25) is 0 Å². The van der Waals surface area contributed by atoms with Crippen LogP contribution in [0.1, 0.15) is 46.0 Å². The van der Waals surface area contributed by atoms with Gasteiger partial charge in [0.25, 0.3) is 0 Å². The molecular formula is C10H20O. The Balaban J connectivity index is 3.27. The molecule has 11 heavy (non-hydrogen) atoms. The Morgan fingerprint density at radius 3 is 2.55 bits per heavy atom. The van der Waals surface area contributed by atoms with E-state index in [9.17, 15) is 5.11 Å². The first-order valence-electron chi connectivity index (χ1n) is 4.66. The lowest BCUT2D eigenvalue weighted by Crippen LogP contribution is -2.00. The van der Waals surface area contributed by atoms with Crippen molar-refractivity contribution in [1.29, 1.82) is 0 Å². The second-order valence-corrected chi connectivity index (χ2v) is 2.93. The van der Waals surface area contributed by atoms with E-state index in [2.05, 4.69) is 19.9 Å². The Kier molecular flexibility index (Phi) is 7.59. The van der Waals surface area contributed by atoms with E-state index in [1.54, 1.807) is 0 Å². The van der Waals surface area contributed by atoms with Crippen molar-refractivity contribution in [3.63, 3.8) is 0 Å². The molecule has 1 heteroatoms. The fourth-order valence-electron chi connectivity index (χ4n) is 0.929. The van der Waals surface area contributed by atoms with Crippen LogP contribution in [0.3, 0.4) is 0 Å². The van der Waals surface area contributed by atoms with Gasteiger partial charge < -0.3 is 5.11 Å². The molecule has 0 aromatic rings.